The van der Waals surface area contributed by atoms with Crippen LogP contribution in [0, 0.1) is 34.5 Å². The van der Waals surface area contributed by atoms with Crippen LogP contribution in [0.1, 0.15) is 85.1 Å². The number of halogens is 4. The van der Waals surface area contributed by atoms with E-state index in [1.54, 1.807) is 27.7 Å². The van der Waals surface area contributed by atoms with Crippen molar-refractivity contribution < 1.29 is 54.6 Å². The van der Waals surface area contributed by atoms with Gasteiger partial charge < -0.3 is 30.3 Å². The highest BCUT2D eigenvalue weighted by Gasteiger charge is 2.68. The summed E-state index contributed by atoms with van der Waals surface area (Å²) >= 11 is 0. The summed E-state index contributed by atoms with van der Waals surface area (Å²) in [5.74, 6) is -10.4. The van der Waals surface area contributed by atoms with Crippen LogP contribution in [-0.4, -0.2) is 103 Å². The van der Waals surface area contributed by atoms with Gasteiger partial charge >= 0.3 is 6.09 Å². The second kappa shape index (κ2) is 15.2. The van der Waals surface area contributed by atoms with E-state index >= 15 is 8.78 Å². The fraction of sp³-hybridized carbons (Fsp3) is 0.650. The Bertz CT molecular complexity index is 2170. The van der Waals surface area contributed by atoms with Crippen LogP contribution in [-0.2, 0) is 33.9 Å². The Morgan fingerprint density at radius 1 is 1.13 bits per heavy atom. The quantitative estimate of drug-likeness (QED) is 0.220. The van der Waals surface area contributed by atoms with E-state index in [0.29, 0.717) is 12.8 Å². The van der Waals surface area contributed by atoms with E-state index in [1.807, 2.05) is 10.8 Å². The van der Waals surface area contributed by atoms with Crippen LogP contribution >= 0.6 is 0 Å². The zero-order valence-electron chi connectivity index (χ0n) is 33.8. The normalized spacial score (nSPS) is 33.0. The number of carbonyl (C=O) groups excluding carboxylic acids is 4. The lowest BCUT2D eigenvalue weighted by atomic mass is 9.85. The molecular weight excluding hydrogens is 815 g/mol. The molecule has 9 atom stereocenters. The number of aliphatic imine (C=N–C) groups is 1. The zero-order chi connectivity index (χ0) is 43.7. The standard InChI is InChI=1S/C40H49F4N7O8S/c1-6-22-27-19-51(28(22)32(52)49-39(17-23(39)31(41)42)35(54)50-60(56,57)38(5)13-14-38)34(53)30(37(2,3)4)48-36(55)59-26-16-21(26)9-7-8-12-40(43,44)29-33(58-27)47-25-15-20(18-45)10-11-24(25)46-29/h8,10-12,15,21-23,26-31,46H,6-7,9,13-14,16-17,19H2,1-5H3,(H,48,55)(H,49,52)(H,50,54)/t21-,22-,23+,26-,27+,28+,29?,30-,39-/m1/s1. The third-order valence-corrected chi connectivity index (χ3v) is 14.8. The molecule has 326 valence electrons. The van der Waals surface area contributed by atoms with E-state index in [1.165, 1.54) is 31.2 Å². The zero-order valence-corrected chi connectivity index (χ0v) is 34.6. The van der Waals surface area contributed by atoms with E-state index in [4.69, 9.17) is 9.47 Å². The minimum absolute atomic E-state index is 0.0340. The summed E-state index contributed by atoms with van der Waals surface area (Å²) in [6, 6.07) is 1.36. The van der Waals surface area contributed by atoms with Crippen molar-refractivity contribution in [2.45, 2.75) is 133 Å². The lowest BCUT2D eigenvalue weighted by Crippen LogP contribution is -2.61. The summed E-state index contributed by atoms with van der Waals surface area (Å²) in [4.78, 5) is 61.9. The molecular formula is C40H49F4N7O8S. The molecule has 4 N–H and O–H groups in total. The highest BCUT2D eigenvalue weighted by molar-refractivity contribution is 7.91. The Labute approximate surface area is 345 Å². The van der Waals surface area contributed by atoms with Gasteiger partial charge in [-0.3, -0.25) is 19.1 Å². The van der Waals surface area contributed by atoms with Gasteiger partial charge in [0.05, 0.1) is 40.2 Å². The number of nitrogens with one attached hydrogen (secondary N) is 4. The first-order valence-corrected chi connectivity index (χ1v) is 21.6. The van der Waals surface area contributed by atoms with E-state index in [-0.39, 0.29) is 48.5 Å². The second-order valence-corrected chi connectivity index (χ2v) is 20.3. The summed E-state index contributed by atoms with van der Waals surface area (Å²) in [7, 11) is -4.32. The number of sulfonamides is 1. The van der Waals surface area contributed by atoms with Crippen molar-refractivity contribution in [3.8, 4) is 6.07 Å². The van der Waals surface area contributed by atoms with E-state index < -0.39 is 123 Å². The van der Waals surface area contributed by atoms with Crippen LogP contribution in [0.4, 0.5) is 33.7 Å². The minimum Gasteiger partial charge on any atom is -0.473 e. The van der Waals surface area contributed by atoms with E-state index in [9.17, 15) is 41.6 Å². The Morgan fingerprint density at radius 2 is 1.85 bits per heavy atom. The molecule has 3 saturated carbocycles. The molecule has 1 aromatic rings. The average molecular weight is 864 g/mol. The van der Waals surface area contributed by atoms with Crippen molar-refractivity contribution in [3.05, 3.63) is 35.9 Å². The van der Waals surface area contributed by atoms with E-state index in [2.05, 4.69) is 20.9 Å². The molecule has 3 aliphatic heterocycles. The maximum Gasteiger partial charge on any atom is 0.408 e. The van der Waals surface area contributed by atoms with Crippen LogP contribution < -0.4 is 20.7 Å². The number of alkyl carbamates (subject to hydrolysis) is 1. The number of amides is 4. The predicted molar refractivity (Wildman–Crippen MR) is 208 cm³/mol. The van der Waals surface area contributed by atoms with Gasteiger partial charge in [0.15, 0.2) is 6.04 Å². The lowest BCUT2D eigenvalue weighted by molar-refractivity contribution is -0.144. The number of fused-ring (bicyclic) bond motifs is 5. The molecule has 4 amide bonds. The first-order chi connectivity index (χ1) is 28.0. The number of nitriles is 1. The average Bonchev–Trinajstić information content (AvgIpc) is 4.12. The van der Waals surface area contributed by atoms with Gasteiger partial charge in [-0.1, -0.05) is 33.8 Å². The molecule has 0 radical (unpaired) electrons. The summed E-state index contributed by atoms with van der Waals surface area (Å²) in [6.45, 7) is 7.54. The monoisotopic (exact) mass is 863 g/mol. The number of ether oxygens (including phenoxy) is 2. The molecule has 7 rings (SSSR count). The van der Waals surface area contributed by atoms with Crippen LogP contribution in [0.2, 0.25) is 0 Å². The molecule has 4 fully saturated rings. The van der Waals surface area contributed by atoms with E-state index in [0.717, 1.165) is 11.0 Å². The van der Waals surface area contributed by atoms with Crippen LogP contribution in [0.15, 0.2) is 35.3 Å². The first-order valence-electron chi connectivity index (χ1n) is 20.1. The topological polar surface area (TPSA) is 208 Å². The molecule has 0 aromatic heterocycles. The highest BCUT2D eigenvalue weighted by atomic mass is 32.2. The van der Waals surface area contributed by atoms with Crippen LogP contribution in [0.25, 0.3) is 0 Å². The molecule has 2 bridgehead atoms. The van der Waals surface area contributed by atoms with Gasteiger partial charge in [-0.2, -0.15) is 14.0 Å². The predicted octanol–water partition coefficient (Wildman–Crippen LogP) is 4.66. The highest BCUT2D eigenvalue weighted by Crippen LogP contribution is 2.50. The Balaban J connectivity index is 1.29. The van der Waals surface area contributed by atoms with Crippen LogP contribution in [0.5, 0.6) is 0 Å². The van der Waals surface area contributed by atoms with Crippen molar-refractivity contribution in [3.63, 3.8) is 0 Å². The molecule has 15 nitrogen and oxygen atoms in total. The number of nitrogens with zero attached hydrogens (tertiary/aromatic N) is 3. The van der Waals surface area contributed by atoms with Gasteiger partial charge in [0.2, 0.25) is 34.2 Å². The summed E-state index contributed by atoms with van der Waals surface area (Å²) in [5, 5.41) is 17.4. The number of rotatable bonds is 7. The van der Waals surface area contributed by atoms with Gasteiger partial charge in [0.1, 0.15) is 29.8 Å². The maximum absolute atomic E-state index is 16.3. The molecule has 3 aliphatic carbocycles. The Kier molecular flexibility index (Phi) is 10.9. The summed E-state index contributed by atoms with van der Waals surface area (Å²) in [6.07, 6.45) is -2.77. The number of alkyl halides is 4. The molecule has 1 saturated heterocycles. The molecule has 60 heavy (non-hydrogen) atoms. The third kappa shape index (κ3) is 8.13. The van der Waals surface area contributed by atoms with Crippen molar-refractivity contribution in [2.24, 2.45) is 28.2 Å². The number of hydrogen-bond acceptors (Lipinski definition) is 11. The van der Waals surface area contributed by atoms with Crippen molar-refractivity contribution in [1.29, 1.82) is 5.26 Å². The van der Waals surface area contributed by atoms with Gasteiger partial charge in [-0.25, -0.2) is 27.0 Å². The molecule has 20 heteroatoms. The van der Waals surface area contributed by atoms with Crippen LogP contribution in [0.3, 0.4) is 0 Å². The van der Waals surface area contributed by atoms with Gasteiger partial charge in [-0.05, 0) is 87.5 Å². The minimum atomic E-state index is -4.32. The molecule has 1 unspecified atom stereocenters. The molecule has 6 aliphatic rings. The Morgan fingerprint density at radius 3 is 2.47 bits per heavy atom. The first kappa shape index (κ1) is 43.2. The molecule has 3 heterocycles. The smallest absolute Gasteiger partial charge is 0.408 e. The Hall–Kier alpha value is -4.93. The summed E-state index contributed by atoms with van der Waals surface area (Å²) < 4.78 is 100.0. The van der Waals surface area contributed by atoms with Gasteiger partial charge in [-0.15, -0.1) is 0 Å². The molecule has 1 aromatic carbocycles. The largest absolute Gasteiger partial charge is 0.473 e. The lowest BCUT2D eigenvalue weighted by Gasteiger charge is -2.36. The SMILES string of the molecule is CC[C@@H]1[C@@H]2CN(C(=O)[C@H](C(C)(C)C)NC(=O)O[C@@H]3C[C@H]3CCC=CC(F)(F)C3Nc4ccc(C#N)cc4N=C3O2)[C@@H]1C(=O)N[C@]1(C(=O)NS(=O)(=O)C2(C)CC2)C[C@H]1C(F)F. The molecule has 0 spiro atoms. The van der Waals surface area contributed by atoms with Gasteiger partial charge in [0, 0.05) is 5.92 Å². The second-order valence-electron chi connectivity index (χ2n) is 18.1. The van der Waals surface area contributed by atoms with Crippen molar-refractivity contribution in [2.75, 3.05) is 11.9 Å². The number of allylic oxidation sites excluding steroid dienone is 1. The fourth-order valence-corrected chi connectivity index (χ4v) is 9.64. The third-order valence-electron chi connectivity index (χ3n) is 12.6. The maximum atomic E-state index is 16.3. The van der Waals surface area contributed by atoms with Crippen molar-refractivity contribution in [1.82, 2.24) is 20.3 Å². The van der Waals surface area contributed by atoms with Crippen molar-refractivity contribution >= 4 is 51.1 Å². The number of hydrogen-bond donors (Lipinski definition) is 4. The fourth-order valence-electron chi connectivity index (χ4n) is 8.32. The summed E-state index contributed by atoms with van der Waals surface area (Å²) in [5.41, 5.74) is -2.91. The number of anilines is 1. The van der Waals surface area contributed by atoms with Gasteiger partial charge in [0.25, 0.3) is 11.8 Å². The number of benzene rings is 1. The number of carbonyl (C=O) groups is 4.